The van der Waals surface area contributed by atoms with Gasteiger partial charge in [-0.1, -0.05) is 24.3 Å². The molecule has 2 rings (SSSR count). The van der Waals surface area contributed by atoms with E-state index in [4.69, 9.17) is 0 Å². The summed E-state index contributed by atoms with van der Waals surface area (Å²) in [7, 11) is 3.74. The molecule has 0 bridgehead atoms. The van der Waals surface area contributed by atoms with E-state index in [1.165, 1.54) is 16.7 Å². The largest absolute Gasteiger partial charge is 0.356 e. The summed E-state index contributed by atoms with van der Waals surface area (Å²) in [4.78, 5) is 4.26. The number of hydrogen-bond acceptors (Lipinski definition) is 2. The van der Waals surface area contributed by atoms with Crippen molar-refractivity contribution in [3.8, 4) is 0 Å². The minimum Gasteiger partial charge on any atom is -0.356 e. The third-order valence-electron chi connectivity index (χ3n) is 3.62. The van der Waals surface area contributed by atoms with Crippen molar-refractivity contribution in [2.45, 2.75) is 26.3 Å². The van der Waals surface area contributed by atoms with E-state index in [1.807, 2.05) is 17.9 Å². The van der Waals surface area contributed by atoms with Crippen LogP contribution in [0.2, 0.25) is 0 Å². The molecule has 0 atom stereocenters. The van der Waals surface area contributed by atoms with Crippen LogP contribution in [0.25, 0.3) is 0 Å². The maximum Gasteiger partial charge on any atom is 0.191 e. The van der Waals surface area contributed by atoms with Gasteiger partial charge in [0.1, 0.15) is 0 Å². The quantitative estimate of drug-likeness (QED) is 0.487. The van der Waals surface area contributed by atoms with Crippen molar-refractivity contribution in [3.63, 3.8) is 0 Å². The van der Waals surface area contributed by atoms with Gasteiger partial charge in [-0.2, -0.15) is 5.10 Å². The van der Waals surface area contributed by atoms with E-state index < -0.39 is 0 Å². The number of rotatable bonds is 6. The second-order valence-corrected chi connectivity index (χ2v) is 5.40. The zero-order valence-corrected chi connectivity index (χ0v) is 13.6. The normalized spacial score (nSPS) is 11.5. The zero-order valence-electron chi connectivity index (χ0n) is 13.6. The monoisotopic (exact) mass is 299 g/mol. The highest BCUT2D eigenvalue weighted by atomic mass is 15.2. The summed E-state index contributed by atoms with van der Waals surface area (Å²) in [5, 5.41) is 10.9. The zero-order chi connectivity index (χ0) is 15.8. The summed E-state index contributed by atoms with van der Waals surface area (Å²) in [5.41, 5.74) is 3.86. The van der Waals surface area contributed by atoms with E-state index in [-0.39, 0.29) is 0 Å². The molecule has 0 unspecified atom stereocenters. The number of nitrogens with zero attached hydrogens (tertiary/aromatic N) is 3. The van der Waals surface area contributed by atoms with E-state index in [0.717, 1.165) is 31.9 Å². The van der Waals surface area contributed by atoms with Gasteiger partial charge >= 0.3 is 0 Å². The lowest BCUT2D eigenvalue weighted by Crippen LogP contribution is -2.37. The van der Waals surface area contributed by atoms with Crippen molar-refractivity contribution in [1.82, 2.24) is 20.4 Å². The van der Waals surface area contributed by atoms with E-state index in [2.05, 4.69) is 58.1 Å². The molecule has 1 heterocycles. The fraction of sp³-hybridized carbons (Fsp3) is 0.412. The Bertz CT molecular complexity index is 615. The predicted molar refractivity (Wildman–Crippen MR) is 90.9 cm³/mol. The highest BCUT2D eigenvalue weighted by Crippen LogP contribution is 2.05. The Hall–Kier alpha value is -2.30. The second-order valence-electron chi connectivity index (χ2n) is 5.40. The van der Waals surface area contributed by atoms with Gasteiger partial charge in [-0.25, -0.2) is 0 Å². The Kier molecular flexibility index (Phi) is 6.01. The Morgan fingerprint density at radius 3 is 2.77 bits per heavy atom. The first-order chi connectivity index (χ1) is 10.7. The summed E-state index contributed by atoms with van der Waals surface area (Å²) < 4.78 is 1.84. The van der Waals surface area contributed by atoms with Gasteiger partial charge in [0, 0.05) is 33.4 Å². The standard InChI is InChI=1S/C17H25N5/c1-14-7-4-5-9-16(14)12-20-17(18-2)19-10-6-8-15-11-21-22(3)13-15/h4-5,7,9,11,13H,6,8,10,12H2,1-3H3,(H2,18,19,20). The molecular weight excluding hydrogens is 274 g/mol. The van der Waals surface area contributed by atoms with Gasteiger partial charge in [0.15, 0.2) is 5.96 Å². The van der Waals surface area contributed by atoms with Crippen LogP contribution in [0.1, 0.15) is 23.1 Å². The summed E-state index contributed by atoms with van der Waals surface area (Å²) in [6, 6.07) is 8.39. The molecule has 0 aliphatic carbocycles. The minimum atomic E-state index is 0.787. The lowest BCUT2D eigenvalue weighted by atomic mass is 10.1. The van der Waals surface area contributed by atoms with Crippen LogP contribution in [0, 0.1) is 6.92 Å². The molecule has 1 aromatic carbocycles. The van der Waals surface area contributed by atoms with Crippen molar-refractivity contribution in [3.05, 3.63) is 53.3 Å². The fourth-order valence-corrected chi connectivity index (χ4v) is 2.31. The van der Waals surface area contributed by atoms with Crippen LogP contribution in [0.15, 0.2) is 41.7 Å². The first kappa shape index (κ1) is 16.1. The van der Waals surface area contributed by atoms with Gasteiger partial charge in [0.2, 0.25) is 0 Å². The molecule has 0 radical (unpaired) electrons. The molecule has 0 spiro atoms. The topological polar surface area (TPSA) is 54.2 Å². The minimum absolute atomic E-state index is 0.787. The Labute approximate surface area is 132 Å². The molecule has 0 aliphatic rings. The molecule has 0 saturated heterocycles. The lowest BCUT2D eigenvalue weighted by Gasteiger charge is -2.12. The number of aromatic nitrogens is 2. The van der Waals surface area contributed by atoms with Crippen LogP contribution in [0.5, 0.6) is 0 Å². The molecule has 0 amide bonds. The molecule has 2 N–H and O–H groups in total. The van der Waals surface area contributed by atoms with E-state index in [1.54, 1.807) is 7.05 Å². The number of nitrogens with one attached hydrogen (secondary N) is 2. The van der Waals surface area contributed by atoms with Crippen LogP contribution in [-0.4, -0.2) is 29.3 Å². The lowest BCUT2D eigenvalue weighted by molar-refractivity contribution is 0.738. The highest BCUT2D eigenvalue weighted by molar-refractivity contribution is 5.79. The van der Waals surface area contributed by atoms with Crippen molar-refractivity contribution >= 4 is 5.96 Å². The molecule has 5 heteroatoms. The van der Waals surface area contributed by atoms with Crippen LogP contribution in [-0.2, 0) is 20.0 Å². The maximum absolute atomic E-state index is 4.26. The van der Waals surface area contributed by atoms with Crippen LogP contribution in [0.3, 0.4) is 0 Å². The summed E-state index contributed by atoms with van der Waals surface area (Å²) >= 11 is 0. The van der Waals surface area contributed by atoms with Crippen molar-refractivity contribution in [2.75, 3.05) is 13.6 Å². The third-order valence-corrected chi connectivity index (χ3v) is 3.62. The SMILES string of the molecule is CN=C(NCCCc1cnn(C)c1)NCc1ccccc1C. The first-order valence-corrected chi connectivity index (χ1v) is 7.65. The molecule has 0 aliphatic heterocycles. The van der Waals surface area contributed by atoms with Gasteiger partial charge in [0.25, 0.3) is 0 Å². The van der Waals surface area contributed by atoms with E-state index in [0.29, 0.717) is 0 Å². The van der Waals surface area contributed by atoms with E-state index >= 15 is 0 Å². The van der Waals surface area contributed by atoms with Gasteiger partial charge in [-0.05, 0) is 36.5 Å². The number of benzene rings is 1. The number of guanidine groups is 1. The molecule has 2 aromatic rings. The summed E-state index contributed by atoms with van der Waals surface area (Å²) in [5.74, 6) is 0.842. The van der Waals surface area contributed by atoms with Crippen LogP contribution < -0.4 is 10.6 Å². The maximum atomic E-state index is 4.26. The van der Waals surface area contributed by atoms with Gasteiger partial charge in [-0.15, -0.1) is 0 Å². The number of aliphatic imine (C=N–C) groups is 1. The fourth-order valence-electron chi connectivity index (χ4n) is 2.31. The molecule has 0 saturated carbocycles. The Morgan fingerprint density at radius 2 is 2.09 bits per heavy atom. The number of hydrogen-bond donors (Lipinski definition) is 2. The molecule has 118 valence electrons. The van der Waals surface area contributed by atoms with Crippen molar-refractivity contribution < 1.29 is 0 Å². The molecule has 22 heavy (non-hydrogen) atoms. The Balaban J connectivity index is 1.70. The van der Waals surface area contributed by atoms with Gasteiger partial charge in [0.05, 0.1) is 6.20 Å². The molecular formula is C17H25N5. The van der Waals surface area contributed by atoms with Crippen LogP contribution in [0.4, 0.5) is 0 Å². The first-order valence-electron chi connectivity index (χ1n) is 7.65. The van der Waals surface area contributed by atoms with E-state index in [9.17, 15) is 0 Å². The van der Waals surface area contributed by atoms with Gasteiger partial charge < -0.3 is 10.6 Å². The van der Waals surface area contributed by atoms with Crippen molar-refractivity contribution in [2.24, 2.45) is 12.0 Å². The predicted octanol–water partition coefficient (Wildman–Crippen LogP) is 2.03. The smallest absolute Gasteiger partial charge is 0.191 e. The average Bonchev–Trinajstić information content (AvgIpc) is 2.93. The Morgan fingerprint density at radius 1 is 1.27 bits per heavy atom. The average molecular weight is 299 g/mol. The molecule has 0 fully saturated rings. The van der Waals surface area contributed by atoms with Gasteiger partial charge in [-0.3, -0.25) is 9.67 Å². The second kappa shape index (κ2) is 8.22. The van der Waals surface area contributed by atoms with Crippen molar-refractivity contribution in [1.29, 1.82) is 0 Å². The number of aryl methyl sites for hydroxylation is 3. The highest BCUT2D eigenvalue weighted by Gasteiger charge is 2.01. The summed E-state index contributed by atoms with van der Waals surface area (Å²) in [6.45, 7) is 3.80. The molecule has 1 aromatic heterocycles. The third kappa shape index (κ3) is 4.91. The summed E-state index contributed by atoms with van der Waals surface area (Å²) in [6.07, 6.45) is 6.06. The van der Waals surface area contributed by atoms with Crippen LogP contribution >= 0.6 is 0 Å². The molecule has 5 nitrogen and oxygen atoms in total.